The molecule has 0 aromatic heterocycles. The van der Waals surface area contributed by atoms with Crippen LogP contribution < -0.4 is 0 Å². The van der Waals surface area contributed by atoms with Crippen LogP contribution in [0.15, 0.2) is 58.4 Å². The lowest BCUT2D eigenvalue weighted by Crippen LogP contribution is -2.55. The Bertz CT molecular complexity index is 1020. The van der Waals surface area contributed by atoms with E-state index in [9.17, 15) is 10.2 Å². The van der Waals surface area contributed by atoms with Crippen LogP contribution in [-0.2, 0) is 0 Å². The summed E-state index contributed by atoms with van der Waals surface area (Å²) >= 11 is 0. The van der Waals surface area contributed by atoms with Gasteiger partial charge in [-0.2, -0.15) is 0 Å². The molecule has 2 aromatic rings. The zero-order valence-electron chi connectivity index (χ0n) is 18.7. The van der Waals surface area contributed by atoms with E-state index < -0.39 is 10.7 Å². The van der Waals surface area contributed by atoms with Crippen molar-refractivity contribution in [3.63, 3.8) is 0 Å². The van der Waals surface area contributed by atoms with Gasteiger partial charge < -0.3 is 15.1 Å². The van der Waals surface area contributed by atoms with Crippen molar-refractivity contribution in [2.45, 2.75) is 37.1 Å². The first kappa shape index (κ1) is 21.5. The van der Waals surface area contributed by atoms with Crippen molar-refractivity contribution in [2.24, 2.45) is 4.99 Å². The van der Waals surface area contributed by atoms with Gasteiger partial charge in [0.15, 0.2) is 0 Å². The smallest absolute Gasteiger partial charge is 0.206 e. The number of aromatic hydroxyl groups is 1. The van der Waals surface area contributed by atoms with Crippen LogP contribution in [0.3, 0.4) is 0 Å². The number of aliphatic hydroxyl groups is 1. The van der Waals surface area contributed by atoms with E-state index in [1.165, 1.54) is 19.3 Å². The number of hydrogen-bond donors (Lipinski definition) is 2. The zero-order valence-corrected chi connectivity index (χ0v) is 19.5. The summed E-state index contributed by atoms with van der Waals surface area (Å²) in [5, 5.41) is 20.9. The van der Waals surface area contributed by atoms with Crippen LogP contribution in [0.25, 0.3) is 11.1 Å². The van der Waals surface area contributed by atoms with Gasteiger partial charge in [0.1, 0.15) is 5.75 Å². The molecule has 1 atom stereocenters. The van der Waals surface area contributed by atoms with Crippen LogP contribution in [0.2, 0.25) is 0 Å². The standard InChI is InChI=1S/C25H32N4O2S/c1-19(30)32(24-10-8-20(9-11-24)21-4-2-7-23(31)18-21)29-13-12-26-25(29)28-16-14-27(15-17-28)22-5-3-6-22/h2,4,7-11,18,22,30-31H,3,5-6,12-17H2,1H3. The Morgan fingerprint density at radius 3 is 2.34 bits per heavy atom. The van der Waals surface area contributed by atoms with Crippen molar-refractivity contribution in [1.29, 1.82) is 0 Å². The highest BCUT2D eigenvalue weighted by Crippen LogP contribution is 2.36. The van der Waals surface area contributed by atoms with Gasteiger partial charge in [-0.25, -0.2) is 0 Å². The molecule has 1 aliphatic carbocycles. The SMILES string of the molecule is C/C(O)=S(\c1ccc(-c2cccc(O)c2)cc1)N1CCN=C1N1CCN(C2CCC2)CC1. The van der Waals surface area contributed by atoms with Crippen LogP contribution in [-0.4, -0.2) is 80.6 Å². The van der Waals surface area contributed by atoms with Gasteiger partial charge in [0.2, 0.25) is 5.96 Å². The summed E-state index contributed by atoms with van der Waals surface area (Å²) in [4.78, 5) is 11.0. The number of aliphatic hydroxyl groups excluding tert-OH is 1. The number of phenolic OH excluding ortho intramolecular Hbond substituents is 1. The Balaban J connectivity index is 1.33. The summed E-state index contributed by atoms with van der Waals surface area (Å²) < 4.78 is 2.29. The van der Waals surface area contributed by atoms with Crippen molar-refractivity contribution < 1.29 is 10.2 Å². The molecule has 1 saturated heterocycles. The third-order valence-electron chi connectivity index (χ3n) is 6.72. The number of phenols is 1. The molecule has 7 heteroatoms. The fourth-order valence-electron chi connectivity index (χ4n) is 4.81. The Labute approximate surface area is 192 Å². The molecule has 170 valence electrons. The minimum atomic E-state index is -0.554. The van der Waals surface area contributed by atoms with Gasteiger partial charge in [0.05, 0.1) is 18.1 Å². The maximum Gasteiger partial charge on any atom is 0.206 e. The molecular formula is C25H32N4O2S. The molecular weight excluding hydrogens is 420 g/mol. The average molecular weight is 453 g/mol. The van der Waals surface area contributed by atoms with Gasteiger partial charge in [0, 0.05) is 37.1 Å². The molecule has 0 bridgehead atoms. The normalized spacial score (nSPS) is 21.3. The second kappa shape index (κ2) is 9.25. The molecule has 1 unspecified atom stereocenters. The lowest BCUT2D eigenvalue weighted by atomic mass is 9.91. The highest BCUT2D eigenvalue weighted by molar-refractivity contribution is 8.14. The third kappa shape index (κ3) is 4.29. The molecule has 0 amide bonds. The monoisotopic (exact) mass is 452 g/mol. The highest BCUT2D eigenvalue weighted by atomic mass is 32.2. The number of hydrogen-bond acceptors (Lipinski definition) is 5. The molecule has 6 nitrogen and oxygen atoms in total. The molecule has 0 radical (unpaired) electrons. The lowest BCUT2D eigenvalue weighted by molar-refractivity contribution is 0.0835. The van der Waals surface area contributed by atoms with Gasteiger partial charge in [-0.1, -0.05) is 30.7 Å². The van der Waals surface area contributed by atoms with E-state index in [0.29, 0.717) is 5.05 Å². The predicted octanol–water partition coefficient (Wildman–Crippen LogP) is 4.15. The Hall–Kier alpha value is -2.35. The lowest BCUT2D eigenvalue weighted by Gasteiger charge is -2.44. The average Bonchev–Trinajstić information content (AvgIpc) is 3.23. The molecule has 2 heterocycles. The van der Waals surface area contributed by atoms with Crippen LogP contribution in [0.1, 0.15) is 26.2 Å². The first-order valence-electron chi connectivity index (χ1n) is 11.6. The molecule has 2 aliphatic heterocycles. The fourth-order valence-corrected chi connectivity index (χ4v) is 6.72. The predicted molar refractivity (Wildman–Crippen MR) is 133 cm³/mol. The van der Waals surface area contributed by atoms with E-state index in [0.717, 1.165) is 67.3 Å². The first-order chi connectivity index (χ1) is 15.6. The molecule has 3 aliphatic rings. The van der Waals surface area contributed by atoms with Gasteiger partial charge in [0.25, 0.3) is 0 Å². The molecule has 0 spiro atoms. The molecule has 5 rings (SSSR count). The maximum absolute atomic E-state index is 10.7. The quantitative estimate of drug-likeness (QED) is 0.683. The van der Waals surface area contributed by atoms with Crippen LogP contribution in [0, 0.1) is 0 Å². The minimum Gasteiger partial charge on any atom is -0.508 e. The molecule has 2 aromatic carbocycles. The van der Waals surface area contributed by atoms with Crippen LogP contribution in [0.4, 0.5) is 0 Å². The topological polar surface area (TPSA) is 62.5 Å². The van der Waals surface area contributed by atoms with E-state index in [4.69, 9.17) is 4.99 Å². The van der Waals surface area contributed by atoms with Crippen LogP contribution >= 0.6 is 10.7 Å². The maximum atomic E-state index is 10.7. The van der Waals surface area contributed by atoms with Crippen molar-refractivity contribution >= 4 is 21.7 Å². The van der Waals surface area contributed by atoms with Gasteiger partial charge >= 0.3 is 0 Å². The number of nitrogens with zero attached hydrogens (tertiary/aromatic N) is 4. The van der Waals surface area contributed by atoms with E-state index in [2.05, 4.69) is 38.4 Å². The number of aliphatic imine (C=N–C) groups is 1. The molecule has 2 fully saturated rings. The molecule has 2 N–H and O–H groups in total. The molecule has 32 heavy (non-hydrogen) atoms. The van der Waals surface area contributed by atoms with Crippen molar-refractivity contribution in [1.82, 2.24) is 14.1 Å². The van der Waals surface area contributed by atoms with Crippen molar-refractivity contribution in [2.75, 3.05) is 39.3 Å². The van der Waals surface area contributed by atoms with Gasteiger partial charge in [-0.3, -0.25) is 14.2 Å². The number of guanidine groups is 1. The third-order valence-corrected chi connectivity index (χ3v) is 8.79. The summed E-state index contributed by atoms with van der Waals surface area (Å²) in [5.74, 6) is 1.30. The van der Waals surface area contributed by atoms with Gasteiger partial charge in [-0.05, 0) is 65.8 Å². The van der Waals surface area contributed by atoms with Crippen molar-refractivity contribution in [3.8, 4) is 16.9 Å². The summed E-state index contributed by atoms with van der Waals surface area (Å²) in [6.07, 6.45) is 4.09. The summed E-state index contributed by atoms with van der Waals surface area (Å²) in [6, 6.07) is 16.4. The van der Waals surface area contributed by atoms with E-state index >= 15 is 0 Å². The summed E-state index contributed by atoms with van der Waals surface area (Å²) in [5.41, 5.74) is 2.03. The Morgan fingerprint density at radius 1 is 0.969 bits per heavy atom. The minimum absolute atomic E-state index is 0.265. The summed E-state index contributed by atoms with van der Waals surface area (Å²) in [7, 11) is -0.554. The van der Waals surface area contributed by atoms with Crippen molar-refractivity contribution in [3.05, 3.63) is 48.5 Å². The Kier molecular flexibility index (Phi) is 6.22. The fraction of sp³-hybridized carbons (Fsp3) is 0.440. The number of benzene rings is 2. The first-order valence-corrected chi connectivity index (χ1v) is 12.8. The van der Waals surface area contributed by atoms with Crippen LogP contribution in [0.5, 0.6) is 5.75 Å². The van der Waals surface area contributed by atoms with Gasteiger partial charge in [-0.15, -0.1) is 0 Å². The van der Waals surface area contributed by atoms with E-state index in [-0.39, 0.29) is 5.75 Å². The second-order valence-corrected chi connectivity index (χ2v) is 10.8. The largest absolute Gasteiger partial charge is 0.508 e. The molecule has 1 saturated carbocycles. The highest BCUT2D eigenvalue weighted by Gasteiger charge is 2.32. The zero-order chi connectivity index (χ0) is 22.1. The number of piperazine rings is 1. The second-order valence-electron chi connectivity index (χ2n) is 8.77. The van der Waals surface area contributed by atoms with E-state index in [1.807, 2.05) is 12.1 Å². The summed E-state index contributed by atoms with van der Waals surface area (Å²) in [6.45, 7) is 7.62. The van der Waals surface area contributed by atoms with E-state index in [1.54, 1.807) is 19.1 Å². The number of rotatable bonds is 4. The Morgan fingerprint density at radius 2 is 1.72 bits per heavy atom.